The van der Waals surface area contributed by atoms with Gasteiger partial charge in [0.2, 0.25) is 0 Å². The van der Waals surface area contributed by atoms with E-state index < -0.39 is 11.7 Å². The number of H-pyrrole nitrogens is 1. The Bertz CT molecular complexity index is 1250. The van der Waals surface area contributed by atoms with Gasteiger partial charge >= 0.3 is 5.69 Å². The number of methoxy groups -OCH3 is 1. The first-order chi connectivity index (χ1) is 15.0. The second-order valence-electron chi connectivity index (χ2n) is 6.62. The molecule has 4 rings (SSSR count). The summed E-state index contributed by atoms with van der Waals surface area (Å²) in [5.41, 5.74) is 7.27. The molecule has 10 heteroatoms. The van der Waals surface area contributed by atoms with Gasteiger partial charge in [0.15, 0.2) is 5.82 Å². The van der Waals surface area contributed by atoms with Crippen LogP contribution in [0.25, 0.3) is 5.95 Å². The molecule has 0 bridgehead atoms. The molecule has 2 heterocycles. The minimum atomic E-state index is -0.504. The topological polar surface area (TPSA) is 148 Å². The Morgan fingerprint density at radius 2 is 1.90 bits per heavy atom. The highest BCUT2D eigenvalue weighted by Gasteiger charge is 2.21. The van der Waals surface area contributed by atoms with Gasteiger partial charge < -0.3 is 15.8 Å². The summed E-state index contributed by atoms with van der Waals surface area (Å²) in [6.45, 7) is 0. The van der Waals surface area contributed by atoms with E-state index in [0.717, 1.165) is 15.9 Å². The maximum atomic E-state index is 12.5. The Balaban J connectivity index is 1.75. The van der Waals surface area contributed by atoms with E-state index in [9.17, 15) is 4.79 Å². The van der Waals surface area contributed by atoms with Gasteiger partial charge in [0, 0.05) is 23.6 Å². The summed E-state index contributed by atoms with van der Waals surface area (Å²) >= 11 is 0. The van der Waals surface area contributed by atoms with Crippen molar-refractivity contribution in [3.8, 4) is 11.7 Å². The van der Waals surface area contributed by atoms with Crippen LogP contribution in [0.1, 0.15) is 23.0 Å². The lowest BCUT2D eigenvalue weighted by Crippen LogP contribution is -2.18. The molecule has 1 atom stereocenters. The van der Waals surface area contributed by atoms with E-state index in [2.05, 4.69) is 25.4 Å². The predicted octanol–water partition coefficient (Wildman–Crippen LogP) is 1.84. The number of nitrogen functional groups attached to an aromatic ring is 1. The maximum absolute atomic E-state index is 12.5. The number of amidine groups is 1. The molecule has 0 fully saturated rings. The Hall–Kier alpha value is -4.47. The van der Waals surface area contributed by atoms with E-state index in [1.165, 1.54) is 12.4 Å². The van der Waals surface area contributed by atoms with Crippen LogP contribution in [0.5, 0.6) is 5.75 Å². The lowest BCUT2D eigenvalue weighted by Gasteiger charge is -2.19. The summed E-state index contributed by atoms with van der Waals surface area (Å²) in [7, 11) is 1.59. The molecule has 0 aliphatic heterocycles. The maximum Gasteiger partial charge on any atom is 0.350 e. The zero-order valence-corrected chi connectivity index (χ0v) is 16.6. The van der Waals surface area contributed by atoms with Gasteiger partial charge in [0.1, 0.15) is 17.6 Å². The average molecular weight is 416 g/mol. The number of hydrogen-bond acceptors (Lipinski definition) is 7. The van der Waals surface area contributed by atoms with Crippen molar-refractivity contribution in [2.45, 2.75) is 6.04 Å². The second kappa shape index (κ2) is 8.49. The molecule has 0 saturated carbocycles. The number of nitrogens with one attached hydrogen (secondary N) is 3. The van der Waals surface area contributed by atoms with Gasteiger partial charge in [-0.2, -0.15) is 0 Å². The van der Waals surface area contributed by atoms with E-state index in [1.807, 2.05) is 24.3 Å². The molecule has 5 N–H and O–H groups in total. The third kappa shape index (κ3) is 4.27. The van der Waals surface area contributed by atoms with Gasteiger partial charge in [-0.05, 0) is 48.0 Å². The number of benzene rings is 2. The zero-order chi connectivity index (χ0) is 21.8. The molecule has 0 aliphatic rings. The van der Waals surface area contributed by atoms with Gasteiger partial charge in [-0.25, -0.2) is 14.8 Å². The van der Waals surface area contributed by atoms with Crippen LogP contribution in [0, 0.1) is 5.41 Å². The summed E-state index contributed by atoms with van der Waals surface area (Å²) in [6.07, 6.45) is 3.08. The molecular weight excluding hydrogens is 396 g/mol. The number of nitrogens with zero attached hydrogens (tertiary/aromatic N) is 4. The summed E-state index contributed by atoms with van der Waals surface area (Å²) in [5.74, 6) is 1.21. The number of hydrogen-bond donors (Lipinski definition) is 4. The van der Waals surface area contributed by atoms with Crippen LogP contribution < -0.4 is 21.5 Å². The van der Waals surface area contributed by atoms with Crippen molar-refractivity contribution in [3.05, 3.63) is 94.4 Å². The molecular formula is C21H20N8O2. The molecule has 0 radical (unpaired) electrons. The normalized spacial score (nSPS) is 11.6. The Morgan fingerprint density at radius 3 is 2.58 bits per heavy atom. The summed E-state index contributed by atoms with van der Waals surface area (Å²) < 4.78 is 6.46. The van der Waals surface area contributed by atoms with Crippen LogP contribution in [0.15, 0.2) is 71.8 Å². The fourth-order valence-corrected chi connectivity index (χ4v) is 3.05. The van der Waals surface area contributed by atoms with Crippen molar-refractivity contribution in [3.63, 3.8) is 0 Å². The molecule has 0 spiro atoms. The highest BCUT2D eigenvalue weighted by atomic mass is 16.5. The average Bonchev–Trinajstić information content (AvgIpc) is 3.19. The molecule has 31 heavy (non-hydrogen) atoms. The van der Waals surface area contributed by atoms with Gasteiger partial charge in [0.25, 0.3) is 5.95 Å². The fourth-order valence-electron chi connectivity index (χ4n) is 3.05. The van der Waals surface area contributed by atoms with E-state index in [0.29, 0.717) is 17.1 Å². The second-order valence-corrected chi connectivity index (χ2v) is 6.62. The molecule has 0 amide bonds. The molecule has 0 saturated heterocycles. The predicted molar refractivity (Wildman–Crippen MR) is 116 cm³/mol. The van der Waals surface area contributed by atoms with Crippen LogP contribution in [0.3, 0.4) is 0 Å². The van der Waals surface area contributed by atoms with E-state index in [1.54, 1.807) is 37.4 Å². The van der Waals surface area contributed by atoms with Crippen molar-refractivity contribution < 1.29 is 4.74 Å². The standard InChI is InChI=1S/C21H20N8O2/c1-31-16-5-2-4-14(12-16)17(26-15-8-6-13(7-9-15)18(22)23)19-27-21(30)29(28-19)20-24-10-3-11-25-20/h2-12,17,26H,1H3,(H3,22,23)(H,27,28,30). The Morgan fingerprint density at radius 1 is 1.16 bits per heavy atom. The quantitative estimate of drug-likeness (QED) is 0.265. The van der Waals surface area contributed by atoms with Crippen molar-refractivity contribution >= 4 is 11.5 Å². The number of rotatable bonds is 7. The van der Waals surface area contributed by atoms with E-state index in [-0.39, 0.29) is 11.8 Å². The van der Waals surface area contributed by atoms with Crippen LogP contribution in [0.2, 0.25) is 0 Å². The number of ether oxygens (including phenoxy) is 1. The van der Waals surface area contributed by atoms with Crippen LogP contribution in [-0.2, 0) is 0 Å². The van der Waals surface area contributed by atoms with Gasteiger partial charge in [-0.1, -0.05) is 12.1 Å². The highest BCUT2D eigenvalue weighted by molar-refractivity contribution is 5.95. The van der Waals surface area contributed by atoms with E-state index >= 15 is 0 Å². The number of nitrogens with two attached hydrogens (primary N) is 1. The van der Waals surface area contributed by atoms with Crippen LogP contribution in [-0.4, -0.2) is 37.7 Å². The van der Waals surface area contributed by atoms with Crippen molar-refractivity contribution in [2.75, 3.05) is 12.4 Å². The molecule has 10 nitrogen and oxygen atoms in total. The zero-order valence-electron chi connectivity index (χ0n) is 16.6. The van der Waals surface area contributed by atoms with Gasteiger partial charge in [-0.15, -0.1) is 9.78 Å². The molecule has 1 unspecified atom stereocenters. The van der Waals surface area contributed by atoms with Gasteiger partial charge in [-0.3, -0.25) is 10.4 Å². The van der Waals surface area contributed by atoms with E-state index in [4.69, 9.17) is 15.9 Å². The summed E-state index contributed by atoms with van der Waals surface area (Å²) in [6, 6.07) is 15.7. The van der Waals surface area contributed by atoms with Crippen molar-refractivity contribution in [2.24, 2.45) is 5.73 Å². The van der Waals surface area contributed by atoms with Crippen LogP contribution >= 0.6 is 0 Å². The monoisotopic (exact) mass is 416 g/mol. The largest absolute Gasteiger partial charge is 0.497 e. The molecule has 4 aromatic rings. The van der Waals surface area contributed by atoms with Crippen molar-refractivity contribution in [1.82, 2.24) is 24.7 Å². The SMILES string of the molecule is COc1cccc(C(Nc2ccc(C(=N)N)cc2)c2nn(-c3ncccn3)c(=O)[nH]2)c1. The minimum absolute atomic E-state index is 0.0122. The molecule has 0 aliphatic carbocycles. The lowest BCUT2D eigenvalue weighted by atomic mass is 10.0. The first-order valence-corrected chi connectivity index (χ1v) is 9.37. The molecule has 2 aromatic carbocycles. The Kier molecular flexibility index (Phi) is 5.43. The number of aromatic nitrogens is 5. The Labute approximate surface area is 177 Å². The molecule has 156 valence electrons. The highest BCUT2D eigenvalue weighted by Crippen LogP contribution is 2.27. The summed E-state index contributed by atoms with van der Waals surface area (Å²) in [4.78, 5) is 23.5. The van der Waals surface area contributed by atoms with Crippen LogP contribution in [0.4, 0.5) is 5.69 Å². The minimum Gasteiger partial charge on any atom is -0.497 e. The number of aromatic amines is 1. The first-order valence-electron chi connectivity index (χ1n) is 9.37. The summed E-state index contributed by atoms with van der Waals surface area (Å²) in [5, 5.41) is 15.3. The van der Waals surface area contributed by atoms with Crippen molar-refractivity contribution in [1.29, 1.82) is 5.41 Å². The lowest BCUT2D eigenvalue weighted by molar-refractivity contribution is 0.414. The number of anilines is 1. The third-order valence-electron chi connectivity index (χ3n) is 4.58. The first kappa shape index (κ1) is 19.8. The fraction of sp³-hybridized carbons (Fsp3) is 0.0952. The van der Waals surface area contributed by atoms with Gasteiger partial charge in [0.05, 0.1) is 7.11 Å². The smallest absolute Gasteiger partial charge is 0.350 e. The third-order valence-corrected chi connectivity index (χ3v) is 4.58. The molecule has 2 aromatic heterocycles.